The van der Waals surface area contributed by atoms with E-state index in [1.807, 2.05) is 12.1 Å². The van der Waals surface area contributed by atoms with Crippen molar-refractivity contribution < 1.29 is 9.90 Å². The molecule has 0 amide bonds. The maximum absolute atomic E-state index is 10.9. The van der Waals surface area contributed by atoms with Gasteiger partial charge in [-0.1, -0.05) is 24.6 Å². The van der Waals surface area contributed by atoms with Crippen LogP contribution in [0.2, 0.25) is 5.02 Å². The van der Waals surface area contributed by atoms with Gasteiger partial charge in [-0.3, -0.25) is 4.79 Å². The normalized spacial score (nSPS) is 14.8. The molecule has 1 heterocycles. The Labute approximate surface area is 103 Å². The SMILES string of the molecule is CC(c1c[nH]c2cccc(Cl)c12)C(N)C(=O)O. The molecule has 1 aromatic heterocycles. The molecule has 0 saturated carbocycles. The summed E-state index contributed by atoms with van der Waals surface area (Å²) in [4.78, 5) is 14.0. The fourth-order valence-electron chi connectivity index (χ4n) is 1.93. The van der Waals surface area contributed by atoms with Gasteiger partial charge in [0.1, 0.15) is 6.04 Å². The molecule has 2 atom stereocenters. The topological polar surface area (TPSA) is 79.1 Å². The van der Waals surface area contributed by atoms with Crippen LogP contribution < -0.4 is 5.73 Å². The van der Waals surface area contributed by atoms with E-state index in [-0.39, 0.29) is 5.92 Å². The monoisotopic (exact) mass is 252 g/mol. The van der Waals surface area contributed by atoms with Crippen molar-refractivity contribution in [2.24, 2.45) is 5.73 Å². The van der Waals surface area contributed by atoms with Crippen LogP contribution in [0.15, 0.2) is 24.4 Å². The molecule has 17 heavy (non-hydrogen) atoms. The molecule has 0 bridgehead atoms. The molecule has 0 aliphatic carbocycles. The van der Waals surface area contributed by atoms with Gasteiger partial charge in [-0.2, -0.15) is 0 Å². The number of rotatable bonds is 3. The standard InChI is InChI=1S/C12H13ClN2O2/c1-6(11(14)12(16)17)7-5-15-9-4-2-3-8(13)10(7)9/h2-6,11,15H,14H2,1H3,(H,16,17). The van der Waals surface area contributed by atoms with Crippen LogP contribution >= 0.6 is 11.6 Å². The van der Waals surface area contributed by atoms with Crippen molar-refractivity contribution in [3.63, 3.8) is 0 Å². The summed E-state index contributed by atoms with van der Waals surface area (Å²) in [5.74, 6) is -1.32. The maximum Gasteiger partial charge on any atom is 0.321 e. The molecule has 90 valence electrons. The highest BCUT2D eigenvalue weighted by molar-refractivity contribution is 6.35. The van der Waals surface area contributed by atoms with Crippen molar-refractivity contribution in [1.29, 1.82) is 0 Å². The zero-order valence-corrected chi connectivity index (χ0v) is 10.0. The second-order valence-corrected chi connectivity index (χ2v) is 4.47. The third kappa shape index (κ3) is 2.01. The summed E-state index contributed by atoms with van der Waals surface area (Å²) in [6, 6.07) is 4.57. The lowest BCUT2D eigenvalue weighted by atomic mass is 9.93. The average molecular weight is 253 g/mol. The number of carbonyl (C=O) groups is 1. The number of nitrogens with one attached hydrogen (secondary N) is 1. The summed E-state index contributed by atoms with van der Waals surface area (Å²) >= 11 is 6.12. The van der Waals surface area contributed by atoms with Gasteiger partial charge in [-0.15, -0.1) is 0 Å². The minimum Gasteiger partial charge on any atom is -0.480 e. The number of aromatic amines is 1. The van der Waals surface area contributed by atoms with Gasteiger partial charge in [0.25, 0.3) is 0 Å². The number of carboxylic acid groups (broad SMARTS) is 1. The van der Waals surface area contributed by atoms with Gasteiger partial charge in [0.2, 0.25) is 0 Å². The first kappa shape index (κ1) is 12.0. The van der Waals surface area contributed by atoms with Gasteiger partial charge < -0.3 is 15.8 Å². The molecule has 5 heteroatoms. The lowest BCUT2D eigenvalue weighted by molar-refractivity contribution is -0.138. The highest BCUT2D eigenvalue weighted by Crippen LogP contribution is 2.32. The second kappa shape index (κ2) is 4.39. The lowest BCUT2D eigenvalue weighted by Gasteiger charge is -2.15. The minimum atomic E-state index is -1.01. The molecular weight excluding hydrogens is 240 g/mol. The Balaban J connectivity index is 2.52. The second-order valence-electron chi connectivity index (χ2n) is 4.06. The highest BCUT2D eigenvalue weighted by Gasteiger charge is 2.24. The molecule has 0 aliphatic rings. The van der Waals surface area contributed by atoms with Crippen LogP contribution in [0.3, 0.4) is 0 Å². The molecule has 4 nitrogen and oxygen atoms in total. The van der Waals surface area contributed by atoms with Crippen LogP contribution in [-0.2, 0) is 4.79 Å². The molecular formula is C12H13ClN2O2. The Bertz CT molecular complexity index is 565. The third-order valence-electron chi connectivity index (χ3n) is 3.00. The largest absolute Gasteiger partial charge is 0.480 e. The fourth-order valence-corrected chi connectivity index (χ4v) is 2.22. The summed E-state index contributed by atoms with van der Waals surface area (Å²) in [5, 5.41) is 10.4. The summed E-state index contributed by atoms with van der Waals surface area (Å²) in [6.45, 7) is 1.78. The molecule has 0 spiro atoms. The molecule has 4 N–H and O–H groups in total. The molecule has 0 fully saturated rings. The van der Waals surface area contributed by atoms with E-state index < -0.39 is 12.0 Å². The van der Waals surface area contributed by atoms with E-state index in [2.05, 4.69) is 4.98 Å². The fraction of sp³-hybridized carbons (Fsp3) is 0.250. The van der Waals surface area contributed by atoms with Crippen LogP contribution in [0.25, 0.3) is 10.9 Å². The number of fused-ring (bicyclic) bond motifs is 1. The molecule has 0 radical (unpaired) electrons. The number of carboxylic acids is 1. The van der Waals surface area contributed by atoms with E-state index in [1.54, 1.807) is 19.2 Å². The maximum atomic E-state index is 10.9. The number of halogens is 1. The number of nitrogens with two attached hydrogens (primary N) is 1. The quantitative estimate of drug-likeness (QED) is 0.784. The van der Waals surface area contributed by atoms with Crippen molar-refractivity contribution in [2.45, 2.75) is 18.9 Å². The molecule has 2 unspecified atom stereocenters. The van der Waals surface area contributed by atoms with Crippen LogP contribution in [0, 0.1) is 0 Å². The van der Waals surface area contributed by atoms with E-state index in [0.717, 1.165) is 16.5 Å². The average Bonchev–Trinajstić information content (AvgIpc) is 2.72. The van der Waals surface area contributed by atoms with Gasteiger partial charge in [-0.05, 0) is 17.7 Å². The van der Waals surface area contributed by atoms with E-state index in [0.29, 0.717) is 5.02 Å². The number of H-pyrrole nitrogens is 1. The summed E-state index contributed by atoms with van der Waals surface area (Å²) in [5.41, 5.74) is 7.36. The van der Waals surface area contributed by atoms with Crippen LogP contribution in [0.5, 0.6) is 0 Å². The number of aliphatic carboxylic acids is 1. The van der Waals surface area contributed by atoms with Crippen molar-refractivity contribution >= 4 is 28.5 Å². The van der Waals surface area contributed by atoms with Crippen LogP contribution in [0.4, 0.5) is 0 Å². The first-order chi connectivity index (χ1) is 8.02. The zero-order valence-electron chi connectivity index (χ0n) is 9.27. The molecule has 2 aromatic rings. The molecule has 0 saturated heterocycles. The summed E-state index contributed by atoms with van der Waals surface area (Å²) in [7, 11) is 0. The molecule has 0 aliphatic heterocycles. The highest BCUT2D eigenvalue weighted by atomic mass is 35.5. The predicted molar refractivity (Wildman–Crippen MR) is 67.3 cm³/mol. The van der Waals surface area contributed by atoms with Gasteiger partial charge in [0, 0.05) is 23.0 Å². The number of aromatic nitrogens is 1. The Kier molecular flexibility index (Phi) is 3.09. The Morgan fingerprint density at radius 3 is 2.88 bits per heavy atom. The van der Waals surface area contributed by atoms with E-state index >= 15 is 0 Å². The minimum absolute atomic E-state index is 0.304. The van der Waals surface area contributed by atoms with Gasteiger partial charge >= 0.3 is 5.97 Å². The number of hydrogen-bond donors (Lipinski definition) is 3. The van der Waals surface area contributed by atoms with Crippen molar-refractivity contribution in [3.8, 4) is 0 Å². The first-order valence-electron chi connectivity index (χ1n) is 5.26. The lowest BCUT2D eigenvalue weighted by Crippen LogP contribution is -2.35. The Morgan fingerprint density at radius 1 is 1.53 bits per heavy atom. The van der Waals surface area contributed by atoms with Crippen LogP contribution in [0.1, 0.15) is 18.4 Å². The van der Waals surface area contributed by atoms with Gasteiger partial charge in [-0.25, -0.2) is 0 Å². The Morgan fingerprint density at radius 2 is 2.24 bits per heavy atom. The van der Waals surface area contributed by atoms with Crippen LogP contribution in [-0.4, -0.2) is 22.1 Å². The molecule has 2 rings (SSSR count). The third-order valence-corrected chi connectivity index (χ3v) is 3.31. The van der Waals surface area contributed by atoms with Crippen molar-refractivity contribution in [3.05, 3.63) is 35.0 Å². The zero-order chi connectivity index (χ0) is 12.6. The van der Waals surface area contributed by atoms with E-state index in [4.69, 9.17) is 22.4 Å². The predicted octanol–water partition coefficient (Wildman–Crippen LogP) is 2.34. The number of benzene rings is 1. The first-order valence-corrected chi connectivity index (χ1v) is 5.64. The number of hydrogen-bond acceptors (Lipinski definition) is 2. The summed E-state index contributed by atoms with van der Waals surface area (Å²) in [6.07, 6.45) is 1.77. The smallest absolute Gasteiger partial charge is 0.321 e. The van der Waals surface area contributed by atoms with Crippen molar-refractivity contribution in [1.82, 2.24) is 4.98 Å². The van der Waals surface area contributed by atoms with Gasteiger partial charge in [0.05, 0.1) is 5.02 Å². The van der Waals surface area contributed by atoms with Gasteiger partial charge in [0.15, 0.2) is 0 Å². The summed E-state index contributed by atoms with van der Waals surface area (Å²) < 4.78 is 0. The molecule has 1 aromatic carbocycles. The van der Waals surface area contributed by atoms with Crippen molar-refractivity contribution in [2.75, 3.05) is 0 Å². The Hall–Kier alpha value is -1.52. The van der Waals surface area contributed by atoms with E-state index in [9.17, 15) is 4.79 Å². The van der Waals surface area contributed by atoms with E-state index in [1.165, 1.54) is 0 Å².